The molecule has 1 aromatic carbocycles. The lowest BCUT2D eigenvalue weighted by Crippen LogP contribution is -2.37. The molecule has 1 saturated carbocycles. The van der Waals surface area contributed by atoms with Gasteiger partial charge in [0.1, 0.15) is 6.10 Å². The van der Waals surface area contributed by atoms with E-state index in [-0.39, 0.29) is 12.0 Å². The molecule has 0 saturated heterocycles. The molecule has 3 nitrogen and oxygen atoms in total. The van der Waals surface area contributed by atoms with Crippen molar-refractivity contribution < 1.29 is 9.47 Å². The highest BCUT2D eigenvalue weighted by atomic mass is 16.5. The summed E-state index contributed by atoms with van der Waals surface area (Å²) in [5.41, 5.74) is 2.65. The zero-order valence-corrected chi connectivity index (χ0v) is 11.1. The fourth-order valence-corrected chi connectivity index (χ4v) is 4.30. The molecule has 0 spiro atoms. The molecule has 0 amide bonds. The topological polar surface area (TPSA) is 42.2 Å². The summed E-state index contributed by atoms with van der Waals surface area (Å²) in [6, 6.07) is 6.64. The van der Waals surface area contributed by atoms with Gasteiger partial charge in [0, 0.05) is 11.5 Å². The Morgan fingerprint density at radius 3 is 3.05 bits per heavy atom. The van der Waals surface area contributed by atoms with Crippen molar-refractivity contribution in [2.45, 2.75) is 37.7 Å². The Bertz CT molecular complexity index is 575. The highest BCUT2D eigenvalue weighted by Gasteiger charge is 2.49. The van der Waals surface area contributed by atoms with E-state index < -0.39 is 0 Å². The van der Waals surface area contributed by atoms with Crippen LogP contribution in [0.2, 0.25) is 0 Å². The Kier molecular flexibility index (Phi) is 2.29. The van der Waals surface area contributed by atoms with Crippen LogP contribution in [0.15, 0.2) is 12.1 Å². The summed E-state index contributed by atoms with van der Waals surface area (Å²) < 4.78 is 11.6. The van der Waals surface area contributed by atoms with E-state index in [1.165, 1.54) is 24.0 Å². The highest BCUT2D eigenvalue weighted by Crippen LogP contribution is 2.57. The van der Waals surface area contributed by atoms with Crippen molar-refractivity contribution in [1.29, 1.82) is 5.26 Å². The van der Waals surface area contributed by atoms with E-state index in [0.717, 1.165) is 24.3 Å². The van der Waals surface area contributed by atoms with E-state index in [1.54, 1.807) is 7.11 Å². The second-order valence-corrected chi connectivity index (χ2v) is 5.89. The van der Waals surface area contributed by atoms with Crippen LogP contribution < -0.4 is 9.47 Å². The van der Waals surface area contributed by atoms with Crippen molar-refractivity contribution >= 4 is 0 Å². The maximum atomic E-state index is 9.44. The van der Waals surface area contributed by atoms with Crippen LogP contribution in [0.3, 0.4) is 0 Å². The minimum Gasteiger partial charge on any atom is -0.493 e. The number of hydrogen-bond acceptors (Lipinski definition) is 3. The molecular formula is C16H17NO2. The summed E-state index contributed by atoms with van der Waals surface area (Å²) in [4.78, 5) is 0. The molecule has 3 heteroatoms. The molecule has 1 aromatic rings. The van der Waals surface area contributed by atoms with Crippen LogP contribution >= 0.6 is 0 Å². The van der Waals surface area contributed by atoms with E-state index >= 15 is 0 Å². The predicted octanol–water partition coefficient (Wildman–Crippen LogP) is 3.04. The Morgan fingerprint density at radius 2 is 2.26 bits per heavy atom. The van der Waals surface area contributed by atoms with Crippen LogP contribution in [0.25, 0.3) is 0 Å². The minimum atomic E-state index is 0.156. The van der Waals surface area contributed by atoms with Gasteiger partial charge < -0.3 is 9.47 Å². The normalized spacial score (nSPS) is 34.1. The number of methoxy groups -OCH3 is 1. The van der Waals surface area contributed by atoms with Gasteiger partial charge in [-0.3, -0.25) is 0 Å². The Balaban J connectivity index is 1.91. The quantitative estimate of drug-likeness (QED) is 0.774. The highest BCUT2D eigenvalue weighted by molar-refractivity contribution is 5.57. The van der Waals surface area contributed by atoms with Crippen molar-refractivity contribution in [1.82, 2.24) is 0 Å². The van der Waals surface area contributed by atoms with Crippen molar-refractivity contribution in [3.8, 4) is 17.6 Å². The van der Waals surface area contributed by atoms with Gasteiger partial charge in [0.05, 0.1) is 19.1 Å². The molecule has 2 aliphatic carbocycles. The molecule has 4 rings (SSSR count). The van der Waals surface area contributed by atoms with Crippen LogP contribution in [-0.2, 0) is 6.42 Å². The summed E-state index contributed by atoms with van der Waals surface area (Å²) in [5.74, 6) is 2.86. The first-order chi connectivity index (χ1) is 9.33. The predicted molar refractivity (Wildman–Crippen MR) is 70.3 cm³/mol. The average molecular weight is 255 g/mol. The van der Waals surface area contributed by atoms with E-state index in [4.69, 9.17) is 9.47 Å². The molecule has 4 atom stereocenters. The monoisotopic (exact) mass is 255 g/mol. The molecule has 1 heterocycles. The first-order valence-corrected chi connectivity index (χ1v) is 7.09. The Hall–Kier alpha value is -1.69. The van der Waals surface area contributed by atoms with E-state index in [0.29, 0.717) is 11.8 Å². The molecule has 0 unspecified atom stereocenters. The van der Waals surface area contributed by atoms with Gasteiger partial charge in [-0.05, 0) is 43.2 Å². The number of rotatable bonds is 1. The molecule has 1 fully saturated rings. The van der Waals surface area contributed by atoms with Crippen LogP contribution in [0.5, 0.6) is 11.5 Å². The van der Waals surface area contributed by atoms with Crippen LogP contribution in [0, 0.1) is 23.2 Å². The summed E-state index contributed by atoms with van der Waals surface area (Å²) >= 11 is 0. The third kappa shape index (κ3) is 1.37. The smallest absolute Gasteiger partial charge is 0.165 e. The van der Waals surface area contributed by atoms with Crippen molar-refractivity contribution in [2.24, 2.45) is 11.8 Å². The van der Waals surface area contributed by atoms with E-state index in [1.807, 2.05) is 6.07 Å². The van der Waals surface area contributed by atoms with Crippen LogP contribution in [-0.4, -0.2) is 13.2 Å². The summed E-state index contributed by atoms with van der Waals surface area (Å²) in [7, 11) is 1.70. The van der Waals surface area contributed by atoms with Gasteiger partial charge in [0.2, 0.25) is 0 Å². The Labute approximate surface area is 113 Å². The lowest BCUT2D eigenvalue weighted by molar-refractivity contribution is 0.104. The van der Waals surface area contributed by atoms with Crippen molar-refractivity contribution in [3.05, 3.63) is 23.3 Å². The van der Waals surface area contributed by atoms with Gasteiger partial charge in [-0.25, -0.2) is 0 Å². The lowest BCUT2D eigenvalue weighted by atomic mass is 9.63. The number of ether oxygens (including phenoxy) is 2. The van der Waals surface area contributed by atoms with Crippen molar-refractivity contribution in [3.63, 3.8) is 0 Å². The molecule has 0 radical (unpaired) electrons. The molecule has 0 bridgehead atoms. The SMILES string of the molecule is COc1ccc2c3c1O[C@@H]1CCC[C@@H]([C@H]31)[C@H](C#N)C2. The third-order valence-corrected chi connectivity index (χ3v) is 5.08. The van der Waals surface area contributed by atoms with Crippen LogP contribution in [0.4, 0.5) is 0 Å². The average Bonchev–Trinajstić information content (AvgIpc) is 2.85. The van der Waals surface area contributed by atoms with Gasteiger partial charge in [-0.2, -0.15) is 5.26 Å². The molecule has 3 aliphatic rings. The van der Waals surface area contributed by atoms with Gasteiger partial charge >= 0.3 is 0 Å². The van der Waals surface area contributed by atoms with Gasteiger partial charge in [-0.15, -0.1) is 0 Å². The second kappa shape index (κ2) is 3.90. The maximum absolute atomic E-state index is 9.44. The molecule has 0 aromatic heterocycles. The number of hydrogen-bond donors (Lipinski definition) is 0. The summed E-state index contributed by atoms with van der Waals surface area (Å²) in [5, 5.41) is 9.44. The first kappa shape index (κ1) is 11.2. The third-order valence-electron chi connectivity index (χ3n) is 5.08. The second-order valence-electron chi connectivity index (χ2n) is 5.89. The van der Waals surface area contributed by atoms with Gasteiger partial charge in [0.25, 0.3) is 0 Å². The summed E-state index contributed by atoms with van der Waals surface area (Å²) in [6.07, 6.45) is 4.59. The van der Waals surface area contributed by atoms with Gasteiger partial charge in [-0.1, -0.05) is 6.07 Å². The van der Waals surface area contributed by atoms with Crippen molar-refractivity contribution in [2.75, 3.05) is 7.11 Å². The molecule has 19 heavy (non-hydrogen) atoms. The number of benzene rings is 1. The Morgan fingerprint density at radius 1 is 1.37 bits per heavy atom. The molecule has 98 valence electrons. The lowest BCUT2D eigenvalue weighted by Gasteiger charge is -2.39. The summed E-state index contributed by atoms with van der Waals surface area (Å²) in [6.45, 7) is 0. The zero-order chi connectivity index (χ0) is 13.0. The molecular weight excluding hydrogens is 238 g/mol. The first-order valence-electron chi connectivity index (χ1n) is 7.09. The van der Waals surface area contributed by atoms with Crippen LogP contribution in [0.1, 0.15) is 36.3 Å². The van der Waals surface area contributed by atoms with Gasteiger partial charge in [0.15, 0.2) is 11.5 Å². The number of nitriles is 1. The fraction of sp³-hybridized carbons (Fsp3) is 0.562. The number of nitrogens with zero attached hydrogens (tertiary/aromatic N) is 1. The van der Waals surface area contributed by atoms with E-state index in [2.05, 4.69) is 12.1 Å². The van der Waals surface area contributed by atoms with E-state index in [9.17, 15) is 5.26 Å². The minimum absolute atomic E-state index is 0.156. The molecule has 1 aliphatic heterocycles. The maximum Gasteiger partial charge on any atom is 0.165 e. The fourth-order valence-electron chi connectivity index (χ4n) is 4.30. The zero-order valence-electron chi connectivity index (χ0n) is 11.1. The largest absolute Gasteiger partial charge is 0.493 e. The standard InChI is InChI=1S/C16H17NO2/c1-18-13-6-5-9-7-10(8-17)11-3-2-4-12-15(11)14(9)16(13)19-12/h5-6,10-12,15H,2-4,7H2,1H3/t10-,11+,12+,15-/m0/s1. The molecule has 0 N–H and O–H groups in total.